The molecule has 0 unspecified atom stereocenters. The van der Waals surface area contributed by atoms with Crippen LogP contribution in [-0.2, 0) is 0 Å². The molecule has 0 aromatic heterocycles. The van der Waals surface area contributed by atoms with E-state index in [9.17, 15) is 4.79 Å². The zero-order valence-electron chi connectivity index (χ0n) is 8.59. The van der Waals surface area contributed by atoms with Crippen molar-refractivity contribution in [1.82, 2.24) is 10.6 Å². The summed E-state index contributed by atoms with van der Waals surface area (Å²) in [6, 6.07) is 6.00. The van der Waals surface area contributed by atoms with Crippen LogP contribution in [0.4, 0.5) is 0 Å². The third kappa shape index (κ3) is 2.95. The average molecular weight is 395 g/mol. The van der Waals surface area contributed by atoms with Crippen LogP contribution in [-0.4, -0.2) is 25.0 Å². The predicted molar refractivity (Wildman–Crippen MR) is 75.6 cm³/mol. The molecular formula is C11H12BrIN2O. The van der Waals surface area contributed by atoms with Crippen LogP contribution in [0.3, 0.4) is 0 Å². The summed E-state index contributed by atoms with van der Waals surface area (Å²) in [6.45, 7) is 1.86. The van der Waals surface area contributed by atoms with Gasteiger partial charge < -0.3 is 10.6 Å². The highest BCUT2D eigenvalue weighted by molar-refractivity contribution is 14.1. The number of carbonyl (C=O) groups is 1. The highest BCUT2D eigenvalue weighted by Gasteiger charge is 2.18. The summed E-state index contributed by atoms with van der Waals surface area (Å²) >= 11 is 5.56. The minimum atomic E-state index is 0.0133. The van der Waals surface area contributed by atoms with Gasteiger partial charge in [-0.3, -0.25) is 4.79 Å². The quantitative estimate of drug-likeness (QED) is 0.754. The van der Waals surface area contributed by atoms with Crippen LogP contribution in [0.2, 0.25) is 0 Å². The van der Waals surface area contributed by atoms with Crippen molar-refractivity contribution in [3.8, 4) is 0 Å². The van der Waals surface area contributed by atoms with Gasteiger partial charge in [-0.25, -0.2) is 0 Å². The van der Waals surface area contributed by atoms with Gasteiger partial charge in [0, 0.05) is 20.6 Å². The Morgan fingerprint density at radius 2 is 2.38 bits per heavy atom. The lowest BCUT2D eigenvalue weighted by Crippen LogP contribution is -2.36. The normalized spacial score (nSPS) is 19.8. The first kappa shape index (κ1) is 12.3. The first-order chi connectivity index (χ1) is 7.66. The van der Waals surface area contributed by atoms with Gasteiger partial charge in [0.15, 0.2) is 0 Å². The number of hydrogen-bond acceptors (Lipinski definition) is 2. The van der Waals surface area contributed by atoms with E-state index in [1.165, 1.54) is 0 Å². The molecule has 3 nitrogen and oxygen atoms in total. The molecular weight excluding hydrogens is 383 g/mol. The first-order valence-corrected chi connectivity index (χ1v) is 7.00. The maximum Gasteiger partial charge on any atom is 0.252 e. The maximum atomic E-state index is 12.0. The molecule has 1 aromatic carbocycles. The molecule has 0 bridgehead atoms. The Morgan fingerprint density at radius 3 is 3.06 bits per heavy atom. The number of hydrogen-bond donors (Lipinski definition) is 2. The summed E-state index contributed by atoms with van der Waals surface area (Å²) in [6.07, 6.45) is 1.01. The van der Waals surface area contributed by atoms with Crippen LogP contribution < -0.4 is 10.6 Å². The Morgan fingerprint density at radius 1 is 1.56 bits per heavy atom. The summed E-state index contributed by atoms with van der Waals surface area (Å²) in [7, 11) is 0. The second-order valence-corrected chi connectivity index (χ2v) is 5.87. The lowest BCUT2D eigenvalue weighted by molar-refractivity contribution is 0.0939. The fraction of sp³-hybridized carbons (Fsp3) is 0.364. The monoisotopic (exact) mass is 394 g/mol. The number of halogens is 2. The molecule has 0 aliphatic carbocycles. The molecule has 16 heavy (non-hydrogen) atoms. The first-order valence-electron chi connectivity index (χ1n) is 5.13. The van der Waals surface area contributed by atoms with E-state index in [1.54, 1.807) is 0 Å². The molecule has 1 aromatic rings. The van der Waals surface area contributed by atoms with Crippen molar-refractivity contribution in [2.45, 2.75) is 12.5 Å². The number of carbonyl (C=O) groups excluding carboxylic acids is 1. The molecule has 0 spiro atoms. The molecule has 1 atom stereocenters. The average Bonchev–Trinajstić information content (AvgIpc) is 2.74. The van der Waals surface area contributed by atoms with Crippen LogP contribution in [0, 0.1) is 3.57 Å². The van der Waals surface area contributed by atoms with Crippen LogP contribution in [0.25, 0.3) is 0 Å². The van der Waals surface area contributed by atoms with Gasteiger partial charge in [-0.2, -0.15) is 0 Å². The van der Waals surface area contributed by atoms with Crippen molar-refractivity contribution in [3.63, 3.8) is 0 Å². The maximum absolute atomic E-state index is 12.0. The fourth-order valence-corrected chi connectivity index (χ4v) is 2.65. The minimum absolute atomic E-state index is 0.0133. The van der Waals surface area contributed by atoms with Gasteiger partial charge in [0.2, 0.25) is 0 Å². The second kappa shape index (κ2) is 5.46. The van der Waals surface area contributed by atoms with E-state index < -0.39 is 0 Å². The van der Waals surface area contributed by atoms with Gasteiger partial charge in [0.25, 0.3) is 5.91 Å². The highest BCUT2D eigenvalue weighted by atomic mass is 127. The van der Waals surface area contributed by atoms with Crippen molar-refractivity contribution in [2.24, 2.45) is 0 Å². The standard InChI is InChI=1S/C11H12BrIN2O/c12-7-1-2-10(13)9(5-7)11(16)15-8-3-4-14-6-8/h1-2,5,8,14H,3-4,6H2,(H,15,16)/t8-/m1/s1. The third-order valence-electron chi connectivity index (χ3n) is 2.57. The van der Waals surface area contributed by atoms with Crippen LogP contribution in [0.1, 0.15) is 16.8 Å². The zero-order chi connectivity index (χ0) is 11.5. The largest absolute Gasteiger partial charge is 0.348 e. The molecule has 1 heterocycles. The van der Waals surface area contributed by atoms with Gasteiger partial charge in [-0.15, -0.1) is 0 Å². The Balaban J connectivity index is 2.10. The van der Waals surface area contributed by atoms with Crippen LogP contribution >= 0.6 is 38.5 Å². The Bertz CT molecular complexity index is 405. The van der Waals surface area contributed by atoms with E-state index in [-0.39, 0.29) is 11.9 Å². The van der Waals surface area contributed by atoms with E-state index in [4.69, 9.17) is 0 Å². The molecule has 1 amide bonds. The van der Waals surface area contributed by atoms with Gasteiger partial charge >= 0.3 is 0 Å². The zero-order valence-corrected chi connectivity index (χ0v) is 12.3. The summed E-state index contributed by atoms with van der Waals surface area (Å²) in [5, 5.41) is 6.27. The number of nitrogens with one attached hydrogen (secondary N) is 2. The lowest BCUT2D eigenvalue weighted by Gasteiger charge is -2.12. The molecule has 0 radical (unpaired) electrons. The molecule has 1 aliphatic heterocycles. The summed E-state index contributed by atoms with van der Waals surface area (Å²) in [5.41, 5.74) is 0.738. The number of amides is 1. The Hall–Kier alpha value is -0.140. The summed E-state index contributed by atoms with van der Waals surface area (Å²) in [4.78, 5) is 12.0. The van der Waals surface area contributed by atoms with Crippen molar-refractivity contribution in [2.75, 3.05) is 13.1 Å². The van der Waals surface area contributed by atoms with Crippen molar-refractivity contribution < 1.29 is 4.79 Å². The van der Waals surface area contributed by atoms with Crippen molar-refractivity contribution in [1.29, 1.82) is 0 Å². The van der Waals surface area contributed by atoms with Crippen molar-refractivity contribution >= 4 is 44.4 Å². The lowest BCUT2D eigenvalue weighted by atomic mass is 10.2. The Kier molecular flexibility index (Phi) is 4.21. The van der Waals surface area contributed by atoms with E-state index in [1.807, 2.05) is 18.2 Å². The highest BCUT2D eigenvalue weighted by Crippen LogP contribution is 2.18. The number of rotatable bonds is 2. The molecule has 2 rings (SSSR count). The topological polar surface area (TPSA) is 41.1 Å². The molecule has 86 valence electrons. The van der Waals surface area contributed by atoms with Gasteiger partial charge in [0.05, 0.1) is 5.56 Å². The fourth-order valence-electron chi connectivity index (χ4n) is 1.71. The molecule has 0 saturated carbocycles. The van der Waals surface area contributed by atoms with Gasteiger partial charge in [0.1, 0.15) is 0 Å². The number of benzene rings is 1. The Labute approximate surface area is 117 Å². The predicted octanol–water partition coefficient (Wildman–Crippen LogP) is 2.15. The van der Waals surface area contributed by atoms with Crippen LogP contribution in [0.15, 0.2) is 22.7 Å². The van der Waals surface area contributed by atoms with E-state index in [0.717, 1.165) is 33.1 Å². The SMILES string of the molecule is O=C(N[C@@H]1CCNC1)c1cc(Br)ccc1I. The summed E-state index contributed by atoms with van der Waals surface area (Å²) < 4.78 is 1.91. The molecule has 1 fully saturated rings. The third-order valence-corrected chi connectivity index (χ3v) is 4.00. The minimum Gasteiger partial charge on any atom is -0.348 e. The van der Waals surface area contributed by atoms with E-state index in [2.05, 4.69) is 49.2 Å². The van der Waals surface area contributed by atoms with Crippen LogP contribution in [0.5, 0.6) is 0 Å². The van der Waals surface area contributed by atoms with Gasteiger partial charge in [-0.05, 0) is 53.8 Å². The summed E-state index contributed by atoms with van der Waals surface area (Å²) in [5.74, 6) is 0.0133. The molecule has 1 aliphatic rings. The van der Waals surface area contributed by atoms with Crippen molar-refractivity contribution in [3.05, 3.63) is 31.8 Å². The smallest absolute Gasteiger partial charge is 0.252 e. The molecule has 2 N–H and O–H groups in total. The van der Waals surface area contributed by atoms with Gasteiger partial charge in [-0.1, -0.05) is 15.9 Å². The van der Waals surface area contributed by atoms with E-state index >= 15 is 0 Å². The van der Waals surface area contributed by atoms with E-state index in [0.29, 0.717) is 0 Å². The molecule has 1 saturated heterocycles. The molecule has 5 heteroatoms. The second-order valence-electron chi connectivity index (χ2n) is 3.79.